The molecule has 2 aromatic rings. The van der Waals surface area contributed by atoms with Crippen LogP contribution in [0.4, 0.5) is 5.69 Å². The highest BCUT2D eigenvalue weighted by molar-refractivity contribution is 7.98. The highest BCUT2D eigenvalue weighted by Gasteiger charge is 2.18. The SMILES string of the molecule is CSc1ccc(C)c(C(=O)N(C)CC(=O)Nc2c(C)cc(C)cc2C)c1. The first-order chi connectivity index (χ1) is 12.2. The predicted octanol–water partition coefficient (Wildman–Crippen LogP) is 4.35. The minimum Gasteiger partial charge on any atom is -0.332 e. The van der Waals surface area contributed by atoms with Crippen LogP contribution in [0.15, 0.2) is 35.2 Å². The second kappa shape index (κ2) is 8.41. The quantitative estimate of drug-likeness (QED) is 0.796. The molecule has 138 valence electrons. The fraction of sp³-hybridized carbons (Fsp3) is 0.333. The third kappa shape index (κ3) is 4.67. The average molecular weight is 371 g/mol. The van der Waals surface area contributed by atoms with Gasteiger partial charge in [-0.1, -0.05) is 23.8 Å². The van der Waals surface area contributed by atoms with Gasteiger partial charge in [-0.15, -0.1) is 11.8 Å². The lowest BCUT2D eigenvalue weighted by Crippen LogP contribution is -2.35. The summed E-state index contributed by atoms with van der Waals surface area (Å²) in [7, 11) is 1.65. The van der Waals surface area contributed by atoms with Crippen LogP contribution in [0.5, 0.6) is 0 Å². The van der Waals surface area contributed by atoms with Crippen LogP contribution >= 0.6 is 11.8 Å². The van der Waals surface area contributed by atoms with Crippen LogP contribution < -0.4 is 5.32 Å². The topological polar surface area (TPSA) is 49.4 Å². The number of carbonyl (C=O) groups is 2. The van der Waals surface area contributed by atoms with Gasteiger partial charge in [0.2, 0.25) is 5.91 Å². The van der Waals surface area contributed by atoms with Gasteiger partial charge in [0.25, 0.3) is 5.91 Å². The van der Waals surface area contributed by atoms with Crippen LogP contribution in [0.2, 0.25) is 0 Å². The van der Waals surface area contributed by atoms with Crippen molar-refractivity contribution in [2.75, 3.05) is 25.2 Å². The molecule has 2 rings (SSSR count). The number of hydrogen-bond donors (Lipinski definition) is 1. The van der Waals surface area contributed by atoms with Gasteiger partial charge in [-0.2, -0.15) is 0 Å². The Morgan fingerprint density at radius 1 is 1.00 bits per heavy atom. The Morgan fingerprint density at radius 2 is 1.62 bits per heavy atom. The number of rotatable bonds is 5. The van der Waals surface area contributed by atoms with E-state index >= 15 is 0 Å². The number of nitrogens with zero attached hydrogens (tertiary/aromatic N) is 1. The van der Waals surface area contributed by atoms with Crippen LogP contribution in [0, 0.1) is 27.7 Å². The smallest absolute Gasteiger partial charge is 0.254 e. The molecule has 0 bridgehead atoms. The molecule has 0 saturated heterocycles. The molecular formula is C21H26N2O2S. The average Bonchev–Trinajstić information content (AvgIpc) is 2.57. The molecule has 0 saturated carbocycles. The fourth-order valence-corrected chi connectivity index (χ4v) is 3.45. The number of carbonyl (C=O) groups excluding carboxylic acids is 2. The molecule has 0 aromatic heterocycles. The lowest BCUT2D eigenvalue weighted by molar-refractivity contribution is -0.116. The maximum Gasteiger partial charge on any atom is 0.254 e. The van der Waals surface area contributed by atoms with E-state index in [2.05, 4.69) is 5.32 Å². The molecule has 5 heteroatoms. The van der Waals surface area contributed by atoms with Crippen molar-refractivity contribution in [3.05, 3.63) is 58.1 Å². The maximum absolute atomic E-state index is 12.7. The van der Waals surface area contributed by atoms with Gasteiger partial charge in [-0.05, 0) is 62.8 Å². The van der Waals surface area contributed by atoms with Crippen molar-refractivity contribution in [1.82, 2.24) is 4.90 Å². The number of thioether (sulfide) groups is 1. The molecule has 0 radical (unpaired) electrons. The third-order valence-corrected chi connectivity index (χ3v) is 5.07. The van der Waals surface area contributed by atoms with E-state index in [0.29, 0.717) is 5.56 Å². The van der Waals surface area contributed by atoms with Gasteiger partial charge in [0.05, 0.1) is 6.54 Å². The Kier molecular flexibility index (Phi) is 6.48. The Bertz CT molecular complexity index is 823. The first-order valence-electron chi connectivity index (χ1n) is 8.50. The highest BCUT2D eigenvalue weighted by atomic mass is 32.2. The summed E-state index contributed by atoms with van der Waals surface area (Å²) < 4.78 is 0. The van der Waals surface area contributed by atoms with E-state index in [-0.39, 0.29) is 18.4 Å². The van der Waals surface area contributed by atoms with Gasteiger partial charge in [-0.3, -0.25) is 9.59 Å². The molecule has 0 heterocycles. The second-order valence-corrected chi connectivity index (χ2v) is 7.54. The molecule has 0 aliphatic carbocycles. The van der Waals surface area contributed by atoms with Gasteiger partial charge >= 0.3 is 0 Å². The van der Waals surface area contributed by atoms with E-state index in [0.717, 1.165) is 32.8 Å². The summed E-state index contributed by atoms with van der Waals surface area (Å²) in [6, 6.07) is 9.88. The third-order valence-electron chi connectivity index (χ3n) is 4.34. The number of aryl methyl sites for hydroxylation is 4. The van der Waals surface area contributed by atoms with Crippen LogP contribution in [-0.2, 0) is 4.79 Å². The van der Waals surface area contributed by atoms with Gasteiger partial charge < -0.3 is 10.2 Å². The largest absolute Gasteiger partial charge is 0.332 e. The summed E-state index contributed by atoms with van der Waals surface area (Å²) in [5.74, 6) is -0.347. The first-order valence-corrected chi connectivity index (χ1v) is 9.73. The Balaban J connectivity index is 2.11. The highest BCUT2D eigenvalue weighted by Crippen LogP contribution is 2.22. The molecule has 0 atom stereocenters. The standard InChI is InChI=1S/C21H26N2O2S/c1-13-9-15(3)20(16(4)10-13)22-19(24)12-23(5)21(25)18-11-17(26-6)8-7-14(18)2/h7-11H,12H2,1-6H3,(H,22,24). The number of likely N-dealkylation sites (N-methyl/N-ethyl adjacent to an activating group) is 1. The van der Waals surface area contributed by atoms with Crippen LogP contribution in [0.3, 0.4) is 0 Å². The monoisotopic (exact) mass is 370 g/mol. The minimum absolute atomic E-state index is 0.00846. The van der Waals surface area contributed by atoms with Crippen LogP contribution in [0.25, 0.3) is 0 Å². The summed E-state index contributed by atoms with van der Waals surface area (Å²) in [6.07, 6.45) is 1.97. The molecule has 1 N–H and O–H groups in total. The number of nitrogens with one attached hydrogen (secondary N) is 1. The summed E-state index contributed by atoms with van der Waals surface area (Å²) >= 11 is 1.59. The van der Waals surface area contributed by atoms with E-state index in [4.69, 9.17) is 0 Å². The Labute approximate surface area is 160 Å². The molecule has 26 heavy (non-hydrogen) atoms. The number of anilines is 1. The van der Waals surface area contributed by atoms with Crippen molar-refractivity contribution in [3.63, 3.8) is 0 Å². The van der Waals surface area contributed by atoms with Crippen molar-refractivity contribution < 1.29 is 9.59 Å². The molecule has 2 aromatic carbocycles. The van der Waals surface area contributed by atoms with E-state index in [9.17, 15) is 9.59 Å². The molecule has 0 fully saturated rings. The molecule has 0 unspecified atom stereocenters. The summed E-state index contributed by atoms with van der Waals surface area (Å²) in [5, 5.41) is 2.94. The van der Waals surface area contributed by atoms with Crippen molar-refractivity contribution in [2.45, 2.75) is 32.6 Å². The lowest BCUT2D eigenvalue weighted by atomic mass is 10.1. The van der Waals surface area contributed by atoms with Crippen molar-refractivity contribution in [2.24, 2.45) is 0 Å². The molecule has 0 aliphatic rings. The summed E-state index contributed by atoms with van der Waals surface area (Å²) in [6.45, 7) is 7.89. The molecule has 0 aliphatic heterocycles. The summed E-state index contributed by atoms with van der Waals surface area (Å²) in [4.78, 5) is 27.7. The van der Waals surface area contributed by atoms with E-state index in [1.54, 1.807) is 18.8 Å². The Hall–Kier alpha value is -2.27. The van der Waals surface area contributed by atoms with Crippen molar-refractivity contribution in [3.8, 4) is 0 Å². The van der Waals surface area contributed by atoms with Crippen molar-refractivity contribution in [1.29, 1.82) is 0 Å². The van der Waals surface area contributed by atoms with Crippen LogP contribution in [0.1, 0.15) is 32.6 Å². The van der Waals surface area contributed by atoms with Gasteiger partial charge in [0.15, 0.2) is 0 Å². The number of benzene rings is 2. The van der Waals surface area contributed by atoms with Crippen molar-refractivity contribution >= 4 is 29.3 Å². The van der Waals surface area contributed by atoms with Gasteiger partial charge in [0.1, 0.15) is 0 Å². The molecule has 2 amide bonds. The van der Waals surface area contributed by atoms with E-state index in [1.165, 1.54) is 4.90 Å². The molecule has 0 spiro atoms. The van der Waals surface area contributed by atoms with Crippen LogP contribution in [-0.4, -0.2) is 36.6 Å². The van der Waals surface area contributed by atoms with Gasteiger partial charge in [0, 0.05) is 23.2 Å². The fourth-order valence-electron chi connectivity index (χ4n) is 3.01. The maximum atomic E-state index is 12.7. The van der Waals surface area contributed by atoms with E-state index in [1.807, 2.05) is 64.3 Å². The number of amides is 2. The zero-order chi connectivity index (χ0) is 19.4. The molecular weight excluding hydrogens is 344 g/mol. The zero-order valence-electron chi connectivity index (χ0n) is 16.3. The normalized spacial score (nSPS) is 10.5. The van der Waals surface area contributed by atoms with E-state index < -0.39 is 0 Å². The van der Waals surface area contributed by atoms with Gasteiger partial charge in [-0.25, -0.2) is 0 Å². The number of hydrogen-bond acceptors (Lipinski definition) is 3. The molecule has 4 nitrogen and oxygen atoms in total. The predicted molar refractivity (Wildman–Crippen MR) is 109 cm³/mol. The Morgan fingerprint density at radius 3 is 2.19 bits per heavy atom. The lowest BCUT2D eigenvalue weighted by Gasteiger charge is -2.19. The second-order valence-electron chi connectivity index (χ2n) is 6.66. The first kappa shape index (κ1) is 20.0. The minimum atomic E-state index is -0.199. The summed E-state index contributed by atoms with van der Waals surface area (Å²) in [5.41, 5.74) is 5.57. The zero-order valence-corrected chi connectivity index (χ0v) is 17.1.